The molecule has 0 saturated carbocycles. The maximum Gasteiger partial charge on any atom is 0.229 e. The van der Waals surface area contributed by atoms with Gasteiger partial charge in [-0.2, -0.15) is 0 Å². The van der Waals surface area contributed by atoms with Crippen LogP contribution in [0.4, 0.5) is 5.69 Å². The lowest BCUT2D eigenvalue weighted by atomic mass is 9.88. The molecule has 0 N–H and O–H groups in total. The Morgan fingerprint density at radius 2 is 1.76 bits per heavy atom. The van der Waals surface area contributed by atoms with Crippen LogP contribution >= 0.6 is 11.6 Å². The van der Waals surface area contributed by atoms with Crippen molar-refractivity contribution in [3.8, 4) is 0 Å². The largest absolute Gasteiger partial charge is 0.290 e. The Kier molecular flexibility index (Phi) is 3.43. The van der Waals surface area contributed by atoms with Crippen molar-refractivity contribution in [1.82, 2.24) is 0 Å². The number of carbonyl (C=O) groups is 2. The molecule has 0 aliphatic heterocycles. The van der Waals surface area contributed by atoms with Gasteiger partial charge in [0.1, 0.15) is 0 Å². The van der Waals surface area contributed by atoms with E-state index < -0.39 is 11.6 Å². The molecule has 0 heterocycles. The summed E-state index contributed by atoms with van der Waals surface area (Å²) in [4.78, 5) is 28.2. The highest BCUT2D eigenvalue weighted by atomic mass is 35.5. The number of hydrogen-bond donors (Lipinski definition) is 0. The molecule has 0 bridgehead atoms. The Morgan fingerprint density at radius 1 is 1.05 bits per heavy atom. The van der Waals surface area contributed by atoms with Crippen LogP contribution in [0.2, 0.25) is 5.02 Å². The van der Waals surface area contributed by atoms with E-state index in [2.05, 4.69) is 4.99 Å². The van der Waals surface area contributed by atoms with E-state index in [1.54, 1.807) is 18.2 Å². The van der Waals surface area contributed by atoms with E-state index in [9.17, 15) is 9.59 Å². The van der Waals surface area contributed by atoms with Gasteiger partial charge in [0.05, 0.1) is 17.8 Å². The molecule has 0 saturated heterocycles. The van der Waals surface area contributed by atoms with E-state index >= 15 is 0 Å². The highest BCUT2D eigenvalue weighted by Gasteiger charge is 2.28. The molecule has 0 amide bonds. The lowest BCUT2D eigenvalue weighted by molar-refractivity contribution is -0.114. The number of Topliss-reactive ketones (excluding diaryl/α,β-unsaturated/α-hetero) is 2. The fraction of sp³-hybridized carbons (Fsp3) is 0.118. The Bertz CT molecular complexity index is 793. The summed E-state index contributed by atoms with van der Waals surface area (Å²) in [6, 6.07) is 12.5. The molecule has 4 heteroatoms. The Hall–Kier alpha value is -2.26. The highest BCUT2D eigenvalue weighted by molar-refractivity contribution is 6.51. The molecular weight excluding hydrogens is 286 g/mol. The van der Waals surface area contributed by atoms with Crippen molar-refractivity contribution in [3.05, 3.63) is 64.2 Å². The van der Waals surface area contributed by atoms with Gasteiger partial charge < -0.3 is 0 Å². The van der Waals surface area contributed by atoms with Crippen LogP contribution in [0.5, 0.6) is 0 Å². The Labute approximate surface area is 127 Å². The summed E-state index contributed by atoms with van der Waals surface area (Å²) >= 11 is 6.09. The molecule has 0 atom stereocenters. The minimum atomic E-state index is -0.438. The minimum Gasteiger partial charge on any atom is -0.290 e. The van der Waals surface area contributed by atoms with E-state index in [0.717, 1.165) is 11.1 Å². The maximum absolute atomic E-state index is 11.9. The molecule has 3 rings (SSSR count). The van der Waals surface area contributed by atoms with Crippen molar-refractivity contribution in [2.45, 2.75) is 13.3 Å². The van der Waals surface area contributed by atoms with Crippen LogP contribution < -0.4 is 0 Å². The third-order valence-corrected chi connectivity index (χ3v) is 3.89. The zero-order chi connectivity index (χ0) is 15.0. The molecule has 104 valence electrons. The summed E-state index contributed by atoms with van der Waals surface area (Å²) in [5, 5.41) is 0.628. The molecule has 3 nitrogen and oxygen atoms in total. The van der Waals surface area contributed by atoms with Crippen LogP contribution in [-0.2, 0) is 4.79 Å². The summed E-state index contributed by atoms with van der Waals surface area (Å²) in [6.45, 7) is 1.91. The van der Waals surface area contributed by atoms with Gasteiger partial charge in [0.2, 0.25) is 11.6 Å². The summed E-state index contributed by atoms with van der Waals surface area (Å²) in [6.07, 6.45) is 0.0291. The number of rotatable bonds is 1. The first-order valence-corrected chi connectivity index (χ1v) is 6.94. The molecule has 0 fully saturated rings. The van der Waals surface area contributed by atoms with E-state index in [0.29, 0.717) is 22.0 Å². The van der Waals surface area contributed by atoms with E-state index in [1.165, 1.54) is 0 Å². The average Bonchev–Trinajstić information content (AvgIpc) is 2.48. The molecule has 0 aromatic heterocycles. The van der Waals surface area contributed by atoms with Crippen LogP contribution in [0, 0.1) is 6.92 Å². The lowest BCUT2D eigenvalue weighted by Crippen LogP contribution is -2.27. The number of halogens is 1. The third kappa shape index (κ3) is 2.52. The quantitative estimate of drug-likeness (QED) is 0.749. The van der Waals surface area contributed by atoms with Gasteiger partial charge in [-0.1, -0.05) is 41.9 Å². The van der Waals surface area contributed by atoms with Crippen molar-refractivity contribution < 1.29 is 9.59 Å². The summed E-state index contributed by atoms with van der Waals surface area (Å²) < 4.78 is 0. The fourth-order valence-corrected chi connectivity index (χ4v) is 2.49. The van der Waals surface area contributed by atoms with Gasteiger partial charge in [-0.25, -0.2) is 0 Å². The number of fused-ring (bicyclic) bond motifs is 1. The lowest BCUT2D eigenvalue weighted by Gasteiger charge is -2.15. The fourth-order valence-electron chi connectivity index (χ4n) is 2.32. The molecule has 0 radical (unpaired) electrons. The normalized spacial score (nSPS) is 16.2. The predicted molar refractivity (Wildman–Crippen MR) is 82.8 cm³/mol. The monoisotopic (exact) mass is 297 g/mol. The van der Waals surface area contributed by atoms with Crippen LogP contribution in [0.25, 0.3) is 0 Å². The van der Waals surface area contributed by atoms with Crippen molar-refractivity contribution in [2.75, 3.05) is 0 Å². The van der Waals surface area contributed by atoms with Gasteiger partial charge in [-0.3, -0.25) is 14.6 Å². The van der Waals surface area contributed by atoms with Crippen LogP contribution in [0.3, 0.4) is 0 Å². The van der Waals surface area contributed by atoms with Gasteiger partial charge in [-0.15, -0.1) is 0 Å². The number of nitrogens with zero attached hydrogens (tertiary/aromatic N) is 1. The molecular formula is C17H12ClNO2. The molecule has 1 aliphatic rings. The number of carbonyl (C=O) groups excluding carboxylic acids is 2. The summed E-state index contributed by atoms with van der Waals surface area (Å²) in [5.41, 5.74) is 3.40. The third-order valence-electron chi connectivity index (χ3n) is 3.48. The van der Waals surface area contributed by atoms with E-state index in [4.69, 9.17) is 11.6 Å². The van der Waals surface area contributed by atoms with Gasteiger partial charge >= 0.3 is 0 Å². The van der Waals surface area contributed by atoms with Crippen molar-refractivity contribution in [3.63, 3.8) is 0 Å². The second-order valence-corrected chi connectivity index (χ2v) is 5.37. The molecule has 0 unspecified atom stereocenters. The average molecular weight is 298 g/mol. The minimum absolute atomic E-state index is 0.0291. The van der Waals surface area contributed by atoms with E-state index in [1.807, 2.05) is 31.2 Å². The van der Waals surface area contributed by atoms with Gasteiger partial charge in [0.15, 0.2) is 0 Å². The second kappa shape index (κ2) is 5.26. The smallest absolute Gasteiger partial charge is 0.229 e. The molecule has 2 aromatic rings. The number of benzene rings is 2. The van der Waals surface area contributed by atoms with Crippen molar-refractivity contribution in [1.29, 1.82) is 0 Å². The van der Waals surface area contributed by atoms with Crippen LogP contribution in [0.15, 0.2) is 47.5 Å². The molecule has 2 aromatic carbocycles. The number of aryl methyl sites for hydroxylation is 1. The van der Waals surface area contributed by atoms with Gasteiger partial charge in [0.25, 0.3) is 0 Å². The van der Waals surface area contributed by atoms with Crippen LogP contribution in [0.1, 0.15) is 27.9 Å². The highest BCUT2D eigenvalue weighted by Crippen LogP contribution is 2.26. The Balaban J connectivity index is 2.12. The standard InChI is InChI=1S/C17H12ClNO2/c1-10-6-7-11(8-14(10)18)19-15-9-16(20)17(21)13-5-3-2-4-12(13)15/h2-8H,9H2,1H3. The predicted octanol–water partition coefficient (Wildman–Crippen LogP) is 3.92. The van der Waals surface area contributed by atoms with Crippen LogP contribution in [-0.4, -0.2) is 17.3 Å². The first kappa shape index (κ1) is 13.7. The van der Waals surface area contributed by atoms with Crippen molar-refractivity contribution in [2.24, 2.45) is 4.99 Å². The first-order valence-electron chi connectivity index (χ1n) is 6.57. The maximum atomic E-state index is 11.9. The van der Waals surface area contributed by atoms with Gasteiger partial charge in [-0.05, 0) is 24.6 Å². The summed E-state index contributed by atoms with van der Waals surface area (Å²) in [7, 11) is 0. The molecule has 21 heavy (non-hydrogen) atoms. The first-order chi connectivity index (χ1) is 10.1. The number of hydrogen-bond acceptors (Lipinski definition) is 3. The van der Waals surface area contributed by atoms with E-state index in [-0.39, 0.29) is 6.42 Å². The molecule has 0 spiro atoms. The number of ketones is 2. The second-order valence-electron chi connectivity index (χ2n) is 4.97. The zero-order valence-corrected chi connectivity index (χ0v) is 12.1. The topological polar surface area (TPSA) is 46.5 Å². The zero-order valence-electron chi connectivity index (χ0n) is 11.4. The molecule has 1 aliphatic carbocycles. The van der Waals surface area contributed by atoms with Crippen molar-refractivity contribution >= 4 is 34.6 Å². The SMILES string of the molecule is Cc1ccc(N=C2CC(=O)C(=O)c3ccccc32)cc1Cl. The van der Waals surface area contributed by atoms with Gasteiger partial charge in [0, 0.05) is 16.1 Å². The summed E-state index contributed by atoms with van der Waals surface area (Å²) in [5.74, 6) is -0.864. The number of aliphatic imine (C=N–C) groups is 1. The Morgan fingerprint density at radius 3 is 2.48 bits per heavy atom.